The van der Waals surface area contributed by atoms with Gasteiger partial charge in [0.2, 0.25) is 0 Å². The lowest BCUT2D eigenvalue weighted by Gasteiger charge is -2.32. The van der Waals surface area contributed by atoms with E-state index in [2.05, 4.69) is 10.6 Å². The number of primary amides is 1. The molecule has 34 heavy (non-hydrogen) atoms. The summed E-state index contributed by atoms with van der Waals surface area (Å²) in [4.78, 5) is 42.7. The predicted molar refractivity (Wildman–Crippen MR) is 129 cm³/mol. The number of methoxy groups -OCH3 is 1. The minimum absolute atomic E-state index is 0.255. The summed E-state index contributed by atoms with van der Waals surface area (Å²) in [6.45, 7) is 6.13. The van der Waals surface area contributed by atoms with Crippen molar-refractivity contribution in [2.75, 3.05) is 25.5 Å². The summed E-state index contributed by atoms with van der Waals surface area (Å²) in [5.41, 5.74) is 5.82. The van der Waals surface area contributed by atoms with Crippen molar-refractivity contribution in [1.82, 2.24) is 10.4 Å². The number of hydrogen-bond donors (Lipinski definition) is 3. The van der Waals surface area contributed by atoms with Crippen LogP contribution < -0.4 is 21.1 Å². The molecule has 3 rings (SSSR count). The Balaban J connectivity index is 1.70. The van der Waals surface area contributed by atoms with Crippen molar-refractivity contribution in [2.24, 2.45) is 5.73 Å². The highest BCUT2D eigenvalue weighted by Crippen LogP contribution is 2.36. The van der Waals surface area contributed by atoms with Crippen LogP contribution in [0.2, 0.25) is 0 Å². The number of hydroxylamine groups is 2. The lowest BCUT2D eigenvalue weighted by atomic mass is 10.1. The molecule has 2 heterocycles. The Hall–Kier alpha value is -3.31. The Kier molecular flexibility index (Phi) is 8.00. The Morgan fingerprint density at radius 1 is 1.18 bits per heavy atom. The summed E-state index contributed by atoms with van der Waals surface area (Å²) >= 11 is 1.25. The molecule has 0 radical (unpaired) electrons. The van der Waals surface area contributed by atoms with Gasteiger partial charge in [0, 0.05) is 17.5 Å². The molecule has 1 aliphatic heterocycles. The first-order valence-electron chi connectivity index (χ1n) is 10.9. The van der Waals surface area contributed by atoms with Crippen LogP contribution in [-0.2, 0) is 9.57 Å². The lowest BCUT2D eigenvalue weighted by molar-refractivity contribution is -0.154. The number of carbonyl (C=O) groups excluding carboxylic acids is 3. The number of nitrogens with one attached hydrogen (secondary N) is 2. The number of anilines is 1. The molecule has 1 fully saturated rings. The second-order valence-corrected chi connectivity index (χ2v) is 9.88. The second-order valence-electron chi connectivity index (χ2n) is 8.83. The molecule has 2 aromatic rings. The van der Waals surface area contributed by atoms with Gasteiger partial charge in [-0.3, -0.25) is 10.1 Å². The zero-order valence-electron chi connectivity index (χ0n) is 19.7. The number of carbonyl (C=O) groups is 3. The fraction of sp³-hybridized carbons (Fsp3) is 0.435. The minimum Gasteiger partial charge on any atom is -0.497 e. The van der Waals surface area contributed by atoms with Crippen molar-refractivity contribution < 1.29 is 28.7 Å². The molecule has 1 atom stereocenters. The van der Waals surface area contributed by atoms with Gasteiger partial charge in [-0.05, 0) is 69.5 Å². The third-order valence-corrected chi connectivity index (χ3v) is 6.00. The van der Waals surface area contributed by atoms with E-state index in [-0.39, 0.29) is 11.9 Å². The van der Waals surface area contributed by atoms with Crippen LogP contribution in [0.3, 0.4) is 0 Å². The standard InChI is InChI=1S/C23H30N4O6S/c1-23(2,3)32-22(30)33-27-11-5-6-15(13-27)25-19(28)17-12-18(34-20(17)26-21(24)29)14-7-9-16(31-4)10-8-14/h7-10,12,15H,5-6,11,13H2,1-4H3,(H,25,28)(H3,24,26,29). The first-order valence-corrected chi connectivity index (χ1v) is 11.7. The van der Waals surface area contributed by atoms with Gasteiger partial charge in [0.1, 0.15) is 16.4 Å². The molecule has 1 saturated heterocycles. The van der Waals surface area contributed by atoms with Crippen LogP contribution in [0, 0.1) is 0 Å². The van der Waals surface area contributed by atoms with E-state index in [4.69, 9.17) is 20.0 Å². The number of amides is 3. The molecule has 0 aliphatic carbocycles. The van der Waals surface area contributed by atoms with Crippen LogP contribution in [0.15, 0.2) is 30.3 Å². The number of thiophene rings is 1. The van der Waals surface area contributed by atoms with Gasteiger partial charge < -0.3 is 25.4 Å². The molecule has 3 amide bonds. The maximum Gasteiger partial charge on any atom is 0.528 e. The van der Waals surface area contributed by atoms with Gasteiger partial charge >= 0.3 is 12.2 Å². The Morgan fingerprint density at radius 3 is 2.50 bits per heavy atom. The van der Waals surface area contributed by atoms with Gasteiger partial charge in [-0.25, -0.2) is 9.59 Å². The van der Waals surface area contributed by atoms with Crippen molar-refractivity contribution in [3.8, 4) is 16.2 Å². The van der Waals surface area contributed by atoms with Crippen molar-refractivity contribution in [2.45, 2.75) is 45.3 Å². The number of ether oxygens (including phenoxy) is 2. The molecule has 1 aromatic heterocycles. The highest BCUT2D eigenvalue weighted by Gasteiger charge is 2.28. The zero-order chi connectivity index (χ0) is 24.9. The van der Waals surface area contributed by atoms with Crippen LogP contribution in [0.4, 0.5) is 14.6 Å². The van der Waals surface area contributed by atoms with Crippen molar-refractivity contribution in [1.29, 1.82) is 0 Å². The van der Waals surface area contributed by atoms with E-state index in [9.17, 15) is 14.4 Å². The van der Waals surface area contributed by atoms with E-state index < -0.39 is 17.8 Å². The summed E-state index contributed by atoms with van der Waals surface area (Å²) in [7, 11) is 1.59. The monoisotopic (exact) mass is 490 g/mol. The Labute approximate surface area is 202 Å². The fourth-order valence-electron chi connectivity index (χ4n) is 3.44. The van der Waals surface area contributed by atoms with E-state index in [1.54, 1.807) is 33.9 Å². The van der Waals surface area contributed by atoms with E-state index in [1.165, 1.54) is 16.4 Å². The first-order chi connectivity index (χ1) is 16.0. The fourth-order valence-corrected chi connectivity index (χ4v) is 4.51. The van der Waals surface area contributed by atoms with Gasteiger partial charge in [-0.15, -0.1) is 16.4 Å². The van der Waals surface area contributed by atoms with Crippen molar-refractivity contribution in [3.63, 3.8) is 0 Å². The summed E-state index contributed by atoms with van der Waals surface area (Å²) in [5, 5.41) is 7.34. The molecular formula is C23H30N4O6S. The van der Waals surface area contributed by atoms with Gasteiger partial charge in [0.15, 0.2) is 0 Å². The van der Waals surface area contributed by atoms with Crippen LogP contribution in [0.5, 0.6) is 5.75 Å². The number of urea groups is 1. The molecule has 0 bridgehead atoms. The van der Waals surface area contributed by atoms with Crippen LogP contribution in [-0.4, -0.2) is 55.0 Å². The number of benzene rings is 1. The summed E-state index contributed by atoms with van der Waals surface area (Å²) < 4.78 is 10.4. The van der Waals surface area contributed by atoms with Crippen LogP contribution >= 0.6 is 11.3 Å². The number of nitrogens with two attached hydrogens (primary N) is 1. The number of nitrogens with zero attached hydrogens (tertiary/aromatic N) is 1. The minimum atomic E-state index is -0.783. The third kappa shape index (κ3) is 7.09. The molecule has 10 nitrogen and oxygen atoms in total. The third-order valence-electron chi connectivity index (χ3n) is 4.90. The largest absolute Gasteiger partial charge is 0.528 e. The topological polar surface area (TPSA) is 132 Å². The number of hydrogen-bond acceptors (Lipinski definition) is 8. The van der Waals surface area contributed by atoms with E-state index in [0.717, 1.165) is 16.9 Å². The molecular weight excluding hydrogens is 460 g/mol. The summed E-state index contributed by atoms with van der Waals surface area (Å²) in [6, 6.07) is 8.07. The zero-order valence-corrected chi connectivity index (χ0v) is 20.5. The predicted octanol–water partition coefficient (Wildman–Crippen LogP) is 3.98. The number of rotatable bonds is 6. The average Bonchev–Trinajstić information content (AvgIpc) is 3.16. The van der Waals surface area contributed by atoms with E-state index in [1.807, 2.05) is 24.3 Å². The first kappa shape index (κ1) is 25.3. The smallest absolute Gasteiger partial charge is 0.497 e. The molecule has 1 unspecified atom stereocenters. The Morgan fingerprint density at radius 2 is 1.88 bits per heavy atom. The van der Waals surface area contributed by atoms with Gasteiger partial charge in [-0.2, -0.15) is 0 Å². The summed E-state index contributed by atoms with van der Waals surface area (Å²) in [5.74, 6) is 0.355. The highest BCUT2D eigenvalue weighted by molar-refractivity contribution is 7.20. The maximum atomic E-state index is 13.1. The molecule has 1 aromatic carbocycles. The molecule has 4 N–H and O–H groups in total. The number of piperidine rings is 1. The highest BCUT2D eigenvalue weighted by atomic mass is 32.1. The molecule has 184 valence electrons. The maximum absolute atomic E-state index is 13.1. The van der Waals surface area contributed by atoms with Crippen molar-refractivity contribution >= 4 is 34.4 Å². The van der Waals surface area contributed by atoms with Gasteiger partial charge in [0.05, 0.1) is 19.2 Å². The Bertz CT molecular complexity index is 1030. The van der Waals surface area contributed by atoms with Crippen LogP contribution in [0.1, 0.15) is 44.0 Å². The normalized spacial score (nSPS) is 16.4. The van der Waals surface area contributed by atoms with E-state index in [0.29, 0.717) is 35.8 Å². The van der Waals surface area contributed by atoms with Crippen LogP contribution in [0.25, 0.3) is 10.4 Å². The molecule has 1 aliphatic rings. The van der Waals surface area contributed by atoms with Gasteiger partial charge in [0.25, 0.3) is 5.91 Å². The SMILES string of the molecule is COc1ccc(-c2cc(C(=O)NC3CCCN(OC(=O)OC(C)(C)C)C3)c(NC(N)=O)s2)cc1. The molecule has 0 spiro atoms. The van der Waals surface area contributed by atoms with Crippen molar-refractivity contribution in [3.05, 3.63) is 35.9 Å². The van der Waals surface area contributed by atoms with Gasteiger partial charge in [-0.1, -0.05) is 0 Å². The quantitative estimate of drug-likeness (QED) is 0.522. The van der Waals surface area contributed by atoms with E-state index >= 15 is 0 Å². The summed E-state index contributed by atoms with van der Waals surface area (Å²) in [6.07, 6.45) is 0.656. The lowest BCUT2D eigenvalue weighted by Crippen LogP contribution is -2.48. The molecule has 11 heteroatoms. The second kappa shape index (κ2) is 10.7. The molecule has 0 saturated carbocycles. The average molecular weight is 491 g/mol.